The number of amides is 2. The number of benzene rings is 1. The molecule has 2 N–H and O–H groups in total. The Bertz CT molecular complexity index is 526. The van der Waals surface area contributed by atoms with Crippen LogP contribution in [0.25, 0.3) is 0 Å². The molecule has 2 aromatic rings. The zero-order chi connectivity index (χ0) is 13.5. The van der Waals surface area contributed by atoms with Gasteiger partial charge in [0, 0.05) is 6.54 Å². The molecule has 0 aliphatic heterocycles. The molecule has 0 aliphatic carbocycles. The molecule has 0 bridgehead atoms. The van der Waals surface area contributed by atoms with E-state index in [1.54, 1.807) is 30.6 Å². The fourth-order valence-corrected chi connectivity index (χ4v) is 2.37. The molecular weight excluding hydrogens is 260 g/mol. The van der Waals surface area contributed by atoms with E-state index in [0.29, 0.717) is 18.0 Å². The van der Waals surface area contributed by atoms with Crippen LogP contribution in [0.1, 0.15) is 5.56 Å². The number of nitrogens with one attached hydrogen (secondary N) is 2. The predicted molar refractivity (Wildman–Crippen MR) is 78.0 cm³/mol. The van der Waals surface area contributed by atoms with E-state index in [9.17, 15) is 4.79 Å². The first-order chi connectivity index (χ1) is 9.29. The van der Waals surface area contributed by atoms with E-state index in [1.165, 1.54) is 5.56 Å². The maximum atomic E-state index is 11.7. The topological polar surface area (TPSA) is 50.4 Å². The SMILES string of the molecule is COc1ccccc1NC(=O)NCCc1ccsc1. The van der Waals surface area contributed by atoms with Gasteiger partial charge >= 0.3 is 6.03 Å². The second kappa shape index (κ2) is 6.80. The van der Waals surface area contributed by atoms with Crippen LogP contribution in [0.2, 0.25) is 0 Å². The van der Waals surface area contributed by atoms with E-state index in [0.717, 1.165) is 6.42 Å². The summed E-state index contributed by atoms with van der Waals surface area (Å²) in [5.74, 6) is 0.649. The first kappa shape index (κ1) is 13.4. The summed E-state index contributed by atoms with van der Waals surface area (Å²) >= 11 is 1.66. The van der Waals surface area contributed by atoms with Crippen molar-refractivity contribution in [3.05, 3.63) is 46.7 Å². The molecular formula is C14H16N2O2S. The number of ether oxygens (including phenoxy) is 1. The smallest absolute Gasteiger partial charge is 0.319 e. The maximum Gasteiger partial charge on any atom is 0.319 e. The molecule has 4 nitrogen and oxygen atoms in total. The third-order valence-corrected chi connectivity index (χ3v) is 3.37. The summed E-state index contributed by atoms with van der Waals surface area (Å²) in [6.45, 7) is 0.609. The van der Waals surface area contributed by atoms with Crippen molar-refractivity contribution in [2.75, 3.05) is 19.0 Å². The molecule has 0 aliphatic rings. The van der Waals surface area contributed by atoms with Gasteiger partial charge in [0.05, 0.1) is 12.8 Å². The van der Waals surface area contributed by atoms with E-state index in [1.807, 2.05) is 17.5 Å². The monoisotopic (exact) mass is 276 g/mol. The molecule has 0 saturated heterocycles. The van der Waals surface area contributed by atoms with Crippen LogP contribution >= 0.6 is 11.3 Å². The minimum Gasteiger partial charge on any atom is -0.495 e. The van der Waals surface area contributed by atoms with Crippen molar-refractivity contribution >= 4 is 23.1 Å². The molecule has 0 atom stereocenters. The highest BCUT2D eigenvalue weighted by atomic mass is 32.1. The average Bonchev–Trinajstić information content (AvgIpc) is 2.92. The van der Waals surface area contributed by atoms with Gasteiger partial charge < -0.3 is 15.4 Å². The molecule has 19 heavy (non-hydrogen) atoms. The Hall–Kier alpha value is -2.01. The van der Waals surface area contributed by atoms with Gasteiger partial charge in [0.2, 0.25) is 0 Å². The number of anilines is 1. The van der Waals surface area contributed by atoms with Gasteiger partial charge in [-0.25, -0.2) is 4.79 Å². The Morgan fingerprint density at radius 1 is 1.32 bits per heavy atom. The van der Waals surface area contributed by atoms with E-state index in [-0.39, 0.29) is 6.03 Å². The van der Waals surface area contributed by atoms with Crippen molar-refractivity contribution in [2.45, 2.75) is 6.42 Å². The summed E-state index contributed by atoms with van der Waals surface area (Å²) in [5, 5.41) is 9.70. The Morgan fingerprint density at radius 2 is 2.16 bits per heavy atom. The zero-order valence-corrected chi connectivity index (χ0v) is 11.5. The lowest BCUT2D eigenvalue weighted by Crippen LogP contribution is -2.30. The van der Waals surface area contributed by atoms with E-state index in [2.05, 4.69) is 22.1 Å². The Kier molecular flexibility index (Phi) is 4.80. The molecule has 0 saturated carbocycles. The number of methoxy groups -OCH3 is 1. The fraction of sp³-hybridized carbons (Fsp3) is 0.214. The van der Waals surface area contributed by atoms with Crippen LogP contribution in [0.3, 0.4) is 0 Å². The molecule has 0 spiro atoms. The van der Waals surface area contributed by atoms with Gasteiger partial charge in [-0.1, -0.05) is 12.1 Å². The number of hydrogen-bond acceptors (Lipinski definition) is 3. The molecule has 1 aromatic heterocycles. The van der Waals surface area contributed by atoms with E-state index in [4.69, 9.17) is 4.74 Å². The Balaban J connectivity index is 1.80. The van der Waals surface area contributed by atoms with Crippen LogP contribution in [-0.2, 0) is 6.42 Å². The normalized spacial score (nSPS) is 9.95. The molecule has 100 valence electrons. The molecule has 1 heterocycles. The minimum atomic E-state index is -0.222. The van der Waals surface area contributed by atoms with Crippen molar-refractivity contribution in [1.29, 1.82) is 0 Å². The maximum absolute atomic E-state index is 11.7. The Labute approximate surface area is 116 Å². The van der Waals surface area contributed by atoms with Crippen molar-refractivity contribution in [1.82, 2.24) is 5.32 Å². The highest BCUT2D eigenvalue weighted by Gasteiger charge is 2.05. The molecule has 0 fully saturated rings. The van der Waals surface area contributed by atoms with Crippen LogP contribution in [0.15, 0.2) is 41.1 Å². The number of carbonyl (C=O) groups is 1. The van der Waals surface area contributed by atoms with Gasteiger partial charge in [0.15, 0.2) is 0 Å². The summed E-state index contributed by atoms with van der Waals surface area (Å²) in [6.07, 6.45) is 0.836. The molecule has 2 amide bonds. The van der Waals surface area contributed by atoms with Gasteiger partial charge in [-0.3, -0.25) is 0 Å². The largest absolute Gasteiger partial charge is 0.495 e. The van der Waals surface area contributed by atoms with Gasteiger partial charge in [-0.2, -0.15) is 11.3 Å². The van der Waals surface area contributed by atoms with Gasteiger partial charge in [-0.15, -0.1) is 0 Å². The van der Waals surface area contributed by atoms with Crippen molar-refractivity contribution < 1.29 is 9.53 Å². The summed E-state index contributed by atoms with van der Waals surface area (Å²) in [7, 11) is 1.58. The van der Waals surface area contributed by atoms with Gasteiger partial charge in [0.25, 0.3) is 0 Å². The van der Waals surface area contributed by atoms with Gasteiger partial charge in [0.1, 0.15) is 5.75 Å². The predicted octanol–water partition coefficient (Wildman–Crippen LogP) is 3.12. The number of carbonyl (C=O) groups excluding carboxylic acids is 1. The summed E-state index contributed by atoms with van der Waals surface area (Å²) in [4.78, 5) is 11.7. The quantitative estimate of drug-likeness (QED) is 0.881. The first-order valence-electron chi connectivity index (χ1n) is 5.98. The lowest BCUT2D eigenvalue weighted by Gasteiger charge is -2.10. The zero-order valence-electron chi connectivity index (χ0n) is 10.7. The average molecular weight is 276 g/mol. The lowest BCUT2D eigenvalue weighted by molar-refractivity contribution is 0.252. The number of thiophene rings is 1. The highest BCUT2D eigenvalue weighted by Crippen LogP contribution is 2.22. The summed E-state index contributed by atoms with van der Waals surface area (Å²) in [5.41, 5.74) is 1.90. The molecule has 5 heteroatoms. The number of hydrogen-bond donors (Lipinski definition) is 2. The third-order valence-electron chi connectivity index (χ3n) is 2.63. The van der Waals surface area contributed by atoms with Crippen LogP contribution in [0.4, 0.5) is 10.5 Å². The van der Waals surface area contributed by atoms with Crippen LogP contribution in [-0.4, -0.2) is 19.7 Å². The van der Waals surface area contributed by atoms with Crippen molar-refractivity contribution in [2.24, 2.45) is 0 Å². The molecule has 0 unspecified atom stereocenters. The number of rotatable bonds is 5. The van der Waals surface area contributed by atoms with E-state index < -0.39 is 0 Å². The third kappa shape index (κ3) is 3.99. The van der Waals surface area contributed by atoms with Crippen LogP contribution in [0, 0.1) is 0 Å². The second-order valence-corrected chi connectivity index (χ2v) is 4.74. The van der Waals surface area contributed by atoms with Crippen LogP contribution < -0.4 is 15.4 Å². The highest BCUT2D eigenvalue weighted by molar-refractivity contribution is 7.07. The molecule has 2 rings (SSSR count). The first-order valence-corrected chi connectivity index (χ1v) is 6.93. The summed E-state index contributed by atoms with van der Waals surface area (Å²) in [6, 6.07) is 9.16. The molecule has 1 aromatic carbocycles. The van der Waals surface area contributed by atoms with Crippen molar-refractivity contribution in [3.8, 4) is 5.75 Å². The van der Waals surface area contributed by atoms with Gasteiger partial charge in [-0.05, 0) is 40.9 Å². The number of para-hydroxylation sites is 2. The number of urea groups is 1. The summed E-state index contributed by atoms with van der Waals surface area (Å²) < 4.78 is 5.17. The fourth-order valence-electron chi connectivity index (χ4n) is 1.67. The lowest BCUT2D eigenvalue weighted by atomic mass is 10.2. The van der Waals surface area contributed by atoms with Crippen molar-refractivity contribution in [3.63, 3.8) is 0 Å². The molecule has 0 radical (unpaired) electrons. The van der Waals surface area contributed by atoms with E-state index >= 15 is 0 Å². The van der Waals surface area contributed by atoms with Crippen LogP contribution in [0.5, 0.6) is 5.75 Å². The minimum absolute atomic E-state index is 0.222. The Morgan fingerprint density at radius 3 is 2.89 bits per heavy atom. The standard InChI is InChI=1S/C14H16N2O2S/c1-18-13-5-3-2-4-12(13)16-14(17)15-8-6-11-7-9-19-10-11/h2-5,7,9-10H,6,8H2,1H3,(H2,15,16,17). The second-order valence-electron chi connectivity index (χ2n) is 3.96.